The molecule has 3 rings (SSSR count). The van der Waals surface area contributed by atoms with E-state index in [4.69, 9.17) is 4.74 Å². The fourth-order valence-electron chi connectivity index (χ4n) is 2.22. The van der Waals surface area contributed by atoms with Crippen LogP contribution in [0.1, 0.15) is 5.56 Å². The van der Waals surface area contributed by atoms with Crippen molar-refractivity contribution in [2.45, 2.75) is 11.8 Å². The minimum absolute atomic E-state index is 0.0916. The molecular weight excluding hydrogens is 341 g/mol. The molecule has 0 bridgehead atoms. The summed E-state index contributed by atoms with van der Waals surface area (Å²) in [6.07, 6.45) is 0. The highest BCUT2D eigenvalue weighted by Crippen LogP contribution is 2.26. The third kappa shape index (κ3) is 4.16. The van der Waals surface area contributed by atoms with Crippen molar-refractivity contribution in [1.82, 2.24) is 0 Å². The molecule has 0 amide bonds. The van der Waals surface area contributed by atoms with E-state index in [2.05, 4.69) is 4.72 Å². The van der Waals surface area contributed by atoms with Crippen molar-refractivity contribution >= 4 is 15.7 Å². The Morgan fingerprint density at radius 2 is 1.52 bits per heavy atom. The van der Waals surface area contributed by atoms with E-state index in [-0.39, 0.29) is 4.90 Å². The van der Waals surface area contributed by atoms with Gasteiger partial charge in [0.05, 0.1) is 4.90 Å². The monoisotopic (exact) mass is 357 g/mol. The van der Waals surface area contributed by atoms with Crippen LogP contribution in [-0.2, 0) is 10.0 Å². The van der Waals surface area contributed by atoms with Crippen LogP contribution >= 0.6 is 0 Å². The zero-order valence-electron chi connectivity index (χ0n) is 13.4. The van der Waals surface area contributed by atoms with Crippen molar-refractivity contribution in [2.75, 3.05) is 4.72 Å². The summed E-state index contributed by atoms with van der Waals surface area (Å²) in [6, 6.07) is 18.8. The normalized spacial score (nSPS) is 11.1. The van der Waals surface area contributed by atoms with Crippen molar-refractivity contribution in [3.63, 3.8) is 0 Å². The molecule has 0 saturated carbocycles. The number of nitrogens with one attached hydrogen (secondary N) is 1. The van der Waals surface area contributed by atoms with Gasteiger partial charge in [0.15, 0.2) is 0 Å². The second-order valence-corrected chi connectivity index (χ2v) is 7.13. The molecule has 0 aliphatic heterocycles. The summed E-state index contributed by atoms with van der Waals surface area (Å²) in [6.45, 7) is 1.93. The lowest BCUT2D eigenvalue weighted by molar-refractivity contribution is 0.478. The van der Waals surface area contributed by atoms with Gasteiger partial charge in [0, 0.05) is 5.69 Å². The zero-order valence-corrected chi connectivity index (χ0v) is 14.3. The highest BCUT2D eigenvalue weighted by atomic mass is 32.2. The molecule has 0 heterocycles. The van der Waals surface area contributed by atoms with Gasteiger partial charge in [-0.25, -0.2) is 12.8 Å². The van der Waals surface area contributed by atoms with E-state index >= 15 is 0 Å². The fourth-order valence-corrected chi connectivity index (χ4v) is 3.28. The molecule has 0 aliphatic rings. The molecule has 0 unspecified atom stereocenters. The van der Waals surface area contributed by atoms with Gasteiger partial charge in [-0.3, -0.25) is 4.72 Å². The maximum absolute atomic E-state index is 12.9. The van der Waals surface area contributed by atoms with Crippen LogP contribution in [0.4, 0.5) is 10.1 Å². The van der Waals surface area contributed by atoms with Gasteiger partial charge < -0.3 is 4.74 Å². The first-order valence-corrected chi connectivity index (χ1v) is 9.04. The standard InChI is InChI=1S/C19H16FNO3S/c1-14-4-2-3-5-19(14)24-17-10-12-18(13-11-17)25(22,23)21-16-8-6-15(20)7-9-16/h2-13,21H,1H3. The lowest BCUT2D eigenvalue weighted by Crippen LogP contribution is -2.12. The SMILES string of the molecule is Cc1ccccc1Oc1ccc(S(=O)(=O)Nc2ccc(F)cc2)cc1. The Morgan fingerprint density at radius 3 is 2.16 bits per heavy atom. The average Bonchev–Trinajstić information content (AvgIpc) is 2.59. The lowest BCUT2D eigenvalue weighted by Gasteiger charge is -2.10. The number of aryl methyl sites for hydroxylation is 1. The highest BCUT2D eigenvalue weighted by molar-refractivity contribution is 7.92. The summed E-state index contributed by atoms with van der Waals surface area (Å²) < 4.78 is 45.8. The molecule has 0 aromatic heterocycles. The highest BCUT2D eigenvalue weighted by Gasteiger charge is 2.14. The molecule has 0 fully saturated rings. The number of benzene rings is 3. The van der Waals surface area contributed by atoms with Crippen molar-refractivity contribution in [3.8, 4) is 11.5 Å². The summed E-state index contributed by atoms with van der Waals surface area (Å²) in [5.74, 6) is 0.818. The molecule has 0 saturated heterocycles. The van der Waals surface area contributed by atoms with Crippen molar-refractivity contribution in [3.05, 3.63) is 84.2 Å². The van der Waals surface area contributed by atoms with Gasteiger partial charge in [-0.1, -0.05) is 18.2 Å². The summed E-state index contributed by atoms with van der Waals surface area (Å²) in [5.41, 5.74) is 1.28. The number of ether oxygens (including phenoxy) is 1. The number of sulfonamides is 1. The number of hydrogen-bond acceptors (Lipinski definition) is 3. The molecule has 0 radical (unpaired) electrons. The van der Waals surface area contributed by atoms with Crippen LogP contribution in [0, 0.1) is 12.7 Å². The molecule has 3 aromatic carbocycles. The van der Waals surface area contributed by atoms with Crippen molar-refractivity contribution in [2.24, 2.45) is 0 Å². The Kier molecular flexibility index (Phi) is 4.72. The van der Waals surface area contributed by atoms with Crippen LogP contribution in [0.15, 0.2) is 77.7 Å². The predicted molar refractivity (Wildman–Crippen MR) is 94.9 cm³/mol. The van der Waals surface area contributed by atoms with Crippen LogP contribution in [0.25, 0.3) is 0 Å². The maximum Gasteiger partial charge on any atom is 0.261 e. The molecule has 0 spiro atoms. The van der Waals surface area contributed by atoms with E-state index < -0.39 is 15.8 Å². The number of anilines is 1. The molecule has 0 atom stereocenters. The Bertz CT molecular complexity index is 968. The first-order chi connectivity index (χ1) is 11.9. The van der Waals surface area contributed by atoms with E-state index in [1.54, 1.807) is 12.1 Å². The number of hydrogen-bond donors (Lipinski definition) is 1. The largest absolute Gasteiger partial charge is 0.457 e. The Morgan fingerprint density at radius 1 is 0.880 bits per heavy atom. The Balaban J connectivity index is 1.77. The Labute approximate surface area is 146 Å². The minimum Gasteiger partial charge on any atom is -0.457 e. The topological polar surface area (TPSA) is 55.4 Å². The number of para-hydroxylation sites is 1. The van der Waals surface area contributed by atoms with Gasteiger partial charge in [-0.2, -0.15) is 0 Å². The van der Waals surface area contributed by atoms with Crippen LogP contribution in [0.2, 0.25) is 0 Å². The van der Waals surface area contributed by atoms with Crippen LogP contribution in [-0.4, -0.2) is 8.42 Å². The summed E-state index contributed by atoms with van der Waals surface area (Å²) in [4.78, 5) is 0.0916. The fraction of sp³-hybridized carbons (Fsp3) is 0.0526. The summed E-state index contributed by atoms with van der Waals surface area (Å²) in [5, 5.41) is 0. The molecule has 0 aliphatic carbocycles. The zero-order chi connectivity index (χ0) is 17.9. The van der Waals surface area contributed by atoms with Crippen LogP contribution in [0.5, 0.6) is 11.5 Å². The molecular formula is C19H16FNO3S. The van der Waals surface area contributed by atoms with E-state index in [0.717, 1.165) is 5.56 Å². The first kappa shape index (κ1) is 17.0. The van der Waals surface area contributed by atoms with E-state index in [1.165, 1.54) is 36.4 Å². The number of rotatable bonds is 5. The van der Waals surface area contributed by atoms with Crippen molar-refractivity contribution < 1.29 is 17.5 Å². The van der Waals surface area contributed by atoms with E-state index in [9.17, 15) is 12.8 Å². The third-order valence-electron chi connectivity index (χ3n) is 3.55. The molecule has 25 heavy (non-hydrogen) atoms. The molecule has 6 heteroatoms. The molecule has 1 N–H and O–H groups in total. The second-order valence-electron chi connectivity index (χ2n) is 5.45. The van der Waals surface area contributed by atoms with Gasteiger partial charge in [0.25, 0.3) is 10.0 Å². The molecule has 4 nitrogen and oxygen atoms in total. The van der Waals surface area contributed by atoms with Gasteiger partial charge >= 0.3 is 0 Å². The predicted octanol–water partition coefficient (Wildman–Crippen LogP) is 4.73. The van der Waals surface area contributed by atoms with E-state index in [1.807, 2.05) is 31.2 Å². The van der Waals surface area contributed by atoms with Crippen molar-refractivity contribution in [1.29, 1.82) is 0 Å². The molecule has 128 valence electrons. The molecule has 3 aromatic rings. The summed E-state index contributed by atoms with van der Waals surface area (Å²) in [7, 11) is -3.75. The second kappa shape index (κ2) is 6.94. The van der Waals surface area contributed by atoms with Gasteiger partial charge in [-0.05, 0) is 67.1 Å². The van der Waals surface area contributed by atoms with Gasteiger partial charge in [0.1, 0.15) is 17.3 Å². The third-order valence-corrected chi connectivity index (χ3v) is 4.95. The quantitative estimate of drug-likeness (QED) is 0.718. The Hall–Kier alpha value is -2.86. The lowest BCUT2D eigenvalue weighted by atomic mass is 10.2. The van der Waals surface area contributed by atoms with Crippen LogP contribution in [0.3, 0.4) is 0 Å². The van der Waals surface area contributed by atoms with Gasteiger partial charge in [-0.15, -0.1) is 0 Å². The van der Waals surface area contributed by atoms with Crippen LogP contribution < -0.4 is 9.46 Å². The maximum atomic E-state index is 12.9. The smallest absolute Gasteiger partial charge is 0.261 e. The first-order valence-electron chi connectivity index (χ1n) is 7.56. The number of halogens is 1. The average molecular weight is 357 g/mol. The minimum atomic E-state index is -3.75. The summed E-state index contributed by atoms with van der Waals surface area (Å²) >= 11 is 0. The van der Waals surface area contributed by atoms with E-state index in [0.29, 0.717) is 17.2 Å². The van der Waals surface area contributed by atoms with Gasteiger partial charge in [0.2, 0.25) is 0 Å².